The molecule has 0 spiro atoms. The van der Waals surface area contributed by atoms with Crippen molar-refractivity contribution in [2.75, 3.05) is 0 Å². The molecule has 0 heteroatoms. The van der Waals surface area contributed by atoms with Crippen LogP contribution in [0.15, 0.2) is 36.4 Å². The first-order valence-electron chi connectivity index (χ1n) is 7.33. The number of hydrogen-bond donors (Lipinski definition) is 0. The summed E-state index contributed by atoms with van der Waals surface area (Å²) in [4.78, 5) is 0. The number of hydrogen-bond acceptors (Lipinski definition) is 0. The maximum atomic E-state index is 2.40. The Morgan fingerprint density at radius 3 is 2.32 bits per heavy atom. The molecule has 0 bridgehead atoms. The van der Waals surface area contributed by atoms with Gasteiger partial charge in [-0.05, 0) is 51.6 Å². The highest BCUT2D eigenvalue weighted by Crippen LogP contribution is 2.41. The third-order valence-electron chi connectivity index (χ3n) is 4.29. The summed E-state index contributed by atoms with van der Waals surface area (Å²) < 4.78 is 0. The number of fused-ring (bicyclic) bond motifs is 3. The van der Waals surface area contributed by atoms with Crippen molar-refractivity contribution >= 4 is 0 Å². The molecular weight excluding hydrogens is 228 g/mol. The van der Waals surface area contributed by atoms with Gasteiger partial charge in [-0.15, -0.1) is 0 Å². The minimum atomic E-state index is 0.600. The van der Waals surface area contributed by atoms with Crippen molar-refractivity contribution in [1.82, 2.24) is 0 Å². The molecule has 0 N–H and O–H groups in total. The van der Waals surface area contributed by atoms with Crippen LogP contribution < -0.4 is 0 Å². The fourth-order valence-electron chi connectivity index (χ4n) is 3.14. The van der Waals surface area contributed by atoms with E-state index in [-0.39, 0.29) is 0 Å². The summed E-state index contributed by atoms with van der Waals surface area (Å²) in [7, 11) is 0. The van der Waals surface area contributed by atoms with Gasteiger partial charge < -0.3 is 0 Å². The van der Waals surface area contributed by atoms with Gasteiger partial charge in [0.05, 0.1) is 0 Å². The van der Waals surface area contributed by atoms with Crippen molar-refractivity contribution < 1.29 is 0 Å². The van der Waals surface area contributed by atoms with Gasteiger partial charge in [0, 0.05) is 0 Å². The first-order valence-corrected chi connectivity index (χ1v) is 7.33. The van der Waals surface area contributed by atoms with Crippen LogP contribution in [0.3, 0.4) is 0 Å². The summed E-state index contributed by atoms with van der Waals surface area (Å²) in [5.41, 5.74) is 8.93. The lowest BCUT2D eigenvalue weighted by Gasteiger charge is -2.11. The summed E-state index contributed by atoms with van der Waals surface area (Å²) in [6.45, 7) is 9.11. The van der Waals surface area contributed by atoms with Crippen LogP contribution in [0.1, 0.15) is 61.8 Å². The molecule has 0 saturated carbocycles. The molecule has 1 aliphatic carbocycles. The lowest BCUT2D eigenvalue weighted by atomic mass is 9.93. The first kappa shape index (κ1) is 12.5. The second-order valence-electron chi connectivity index (χ2n) is 6.28. The Bertz CT molecular complexity index is 618. The molecule has 2 aromatic rings. The van der Waals surface area contributed by atoms with E-state index in [1.54, 1.807) is 5.56 Å². The molecule has 2 aromatic carbocycles. The maximum Gasteiger partial charge on any atom is -0.00106 e. The monoisotopic (exact) mass is 250 g/mol. The molecule has 0 aliphatic heterocycles. The largest absolute Gasteiger partial charge is 0.0613 e. The fraction of sp³-hybridized carbons (Fsp3) is 0.368. The molecule has 0 saturated heterocycles. The lowest BCUT2D eigenvalue weighted by Crippen LogP contribution is -1.94. The van der Waals surface area contributed by atoms with Crippen LogP contribution in [0, 0.1) is 0 Å². The van der Waals surface area contributed by atoms with E-state index in [2.05, 4.69) is 64.1 Å². The van der Waals surface area contributed by atoms with Gasteiger partial charge in [-0.3, -0.25) is 0 Å². The van der Waals surface area contributed by atoms with Crippen molar-refractivity contribution in [3.63, 3.8) is 0 Å². The van der Waals surface area contributed by atoms with Crippen LogP contribution in [0.4, 0.5) is 0 Å². The third-order valence-corrected chi connectivity index (χ3v) is 4.29. The van der Waals surface area contributed by atoms with Crippen LogP contribution >= 0.6 is 0 Å². The molecule has 0 unspecified atom stereocenters. The Balaban J connectivity index is 2.17. The van der Waals surface area contributed by atoms with E-state index in [0.717, 1.165) is 6.42 Å². The third kappa shape index (κ3) is 2.00. The van der Waals surface area contributed by atoms with Gasteiger partial charge in [0.25, 0.3) is 0 Å². The number of rotatable bonds is 2. The van der Waals surface area contributed by atoms with Crippen molar-refractivity contribution in [2.45, 2.75) is 46.0 Å². The zero-order chi connectivity index (χ0) is 13.6. The molecule has 3 rings (SSSR count). The molecule has 0 heterocycles. The SMILES string of the molecule is CC(C)c1ccc2c(c1)-c1cccc(C(C)C)c1C2. The van der Waals surface area contributed by atoms with Crippen LogP contribution in [-0.4, -0.2) is 0 Å². The Kier molecular flexibility index (Phi) is 2.97. The minimum Gasteiger partial charge on any atom is -0.0613 e. The second-order valence-corrected chi connectivity index (χ2v) is 6.28. The van der Waals surface area contributed by atoms with Crippen molar-refractivity contribution in [1.29, 1.82) is 0 Å². The van der Waals surface area contributed by atoms with Gasteiger partial charge in [0.2, 0.25) is 0 Å². The van der Waals surface area contributed by atoms with Gasteiger partial charge in [-0.25, -0.2) is 0 Å². The smallest absolute Gasteiger partial charge is 0.00106 e. The van der Waals surface area contributed by atoms with Gasteiger partial charge in [0.1, 0.15) is 0 Å². The van der Waals surface area contributed by atoms with E-state index in [1.807, 2.05) is 0 Å². The minimum absolute atomic E-state index is 0.600. The van der Waals surface area contributed by atoms with E-state index in [1.165, 1.54) is 27.8 Å². The van der Waals surface area contributed by atoms with Gasteiger partial charge in [0.15, 0.2) is 0 Å². The van der Waals surface area contributed by atoms with E-state index in [4.69, 9.17) is 0 Å². The molecule has 0 atom stereocenters. The lowest BCUT2D eigenvalue weighted by molar-refractivity contribution is 0.852. The van der Waals surface area contributed by atoms with Crippen molar-refractivity contribution in [2.24, 2.45) is 0 Å². The molecule has 0 aromatic heterocycles. The van der Waals surface area contributed by atoms with E-state index < -0.39 is 0 Å². The first-order chi connectivity index (χ1) is 9.08. The summed E-state index contributed by atoms with van der Waals surface area (Å²) in [5, 5.41) is 0. The normalized spacial score (nSPS) is 12.9. The summed E-state index contributed by atoms with van der Waals surface area (Å²) in [5.74, 6) is 1.21. The van der Waals surface area contributed by atoms with Gasteiger partial charge in [-0.1, -0.05) is 64.1 Å². The summed E-state index contributed by atoms with van der Waals surface area (Å²) in [6.07, 6.45) is 1.11. The number of benzene rings is 2. The quantitative estimate of drug-likeness (QED) is 0.563. The molecular formula is C19H22. The molecule has 0 amide bonds. The average molecular weight is 250 g/mol. The maximum absolute atomic E-state index is 2.40. The van der Waals surface area contributed by atoms with E-state index >= 15 is 0 Å². The molecule has 1 aliphatic rings. The predicted octanol–water partition coefficient (Wildman–Crippen LogP) is 5.50. The van der Waals surface area contributed by atoms with Crippen LogP contribution in [0.25, 0.3) is 11.1 Å². The topological polar surface area (TPSA) is 0 Å². The molecule has 0 nitrogen and oxygen atoms in total. The van der Waals surface area contributed by atoms with Crippen LogP contribution in [0.5, 0.6) is 0 Å². The standard InChI is InChI=1S/C19H22/c1-12(2)14-8-9-15-11-19-16(13(3)4)6-5-7-17(19)18(15)10-14/h5-10,12-13H,11H2,1-4H3. The van der Waals surface area contributed by atoms with Crippen molar-refractivity contribution in [3.05, 3.63) is 58.7 Å². The molecule has 19 heavy (non-hydrogen) atoms. The van der Waals surface area contributed by atoms with E-state index in [0.29, 0.717) is 11.8 Å². The Hall–Kier alpha value is -1.56. The Morgan fingerprint density at radius 2 is 1.63 bits per heavy atom. The Labute approximate surface area is 116 Å². The zero-order valence-corrected chi connectivity index (χ0v) is 12.3. The van der Waals surface area contributed by atoms with Crippen LogP contribution in [-0.2, 0) is 6.42 Å². The zero-order valence-electron chi connectivity index (χ0n) is 12.3. The molecule has 0 fully saturated rings. The summed E-state index contributed by atoms with van der Waals surface area (Å²) in [6, 6.07) is 13.8. The second kappa shape index (κ2) is 4.52. The average Bonchev–Trinajstić information content (AvgIpc) is 2.75. The van der Waals surface area contributed by atoms with Gasteiger partial charge in [-0.2, -0.15) is 0 Å². The predicted molar refractivity (Wildman–Crippen MR) is 82.9 cm³/mol. The molecule has 98 valence electrons. The van der Waals surface area contributed by atoms with Crippen LogP contribution in [0.2, 0.25) is 0 Å². The van der Waals surface area contributed by atoms with Gasteiger partial charge >= 0.3 is 0 Å². The van der Waals surface area contributed by atoms with E-state index in [9.17, 15) is 0 Å². The summed E-state index contributed by atoms with van der Waals surface area (Å²) >= 11 is 0. The molecule has 0 radical (unpaired) electrons. The highest BCUT2D eigenvalue weighted by Gasteiger charge is 2.22. The fourth-order valence-corrected chi connectivity index (χ4v) is 3.14. The van der Waals surface area contributed by atoms with Crippen molar-refractivity contribution in [3.8, 4) is 11.1 Å². The Morgan fingerprint density at radius 1 is 0.842 bits per heavy atom. The highest BCUT2D eigenvalue weighted by atomic mass is 14.3. The highest BCUT2D eigenvalue weighted by molar-refractivity contribution is 5.78.